The lowest BCUT2D eigenvalue weighted by Gasteiger charge is -2.22. The van der Waals surface area contributed by atoms with Crippen molar-refractivity contribution in [1.82, 2.24) is 5.32 Å². The number of ether oxygens (including phenoxy) is 2. The summed E-state index contributed by atoms with van der Waals surface area (Å²) >= 11 is 0. The molecule has 3 rings (SSSR count). The highest BCUT2D eigenvalue weighted by atomic mass is 19.4. The average molecular weight is 614 g/mol. The zero-order valence-electron chi connectivity index (χ0n) is 25.5. The first-order valence-electron chi connectivity index (χ1n) is 15.3. The van der Waals surface area contributed by atoms with E-state index in [1.807, 2.05) is 0 Å². The zero-order chi connectivity index (χ0) is 32.0. The molecule has 2 N–H and O–H groups in total. The maximum atomic E-state index is 13.6. The fourth-order valence-electron chi connectivity index (χ4n) is 5.17. The lowest BCUT2D eigenvalue weighted by Crippen LogP contribution is -2.25. The molecule has 0 saturated carbocycles. The molecule has 0 heterocycles. The molecule has 0 bridgehead atoms. The quantitative estimate of drug-likeness (QED) is 0.140. The van der Waals surface area contributed by atoms with Crippen LogP contribution in [0.25, 0.3) is 22.3 Å². The molecule has 6 nitrogen and oxygen atoms in total. The van der Waals surface area contributed by atoms with E-state index in [-0.39, 0.29) is 33.8 Å². The van der Waals surface area contributed by atoms with Crippen molar-refractivity contribution in [3.63, 3.8) is 0 Å². The molecule has 44 heavy (non-hydrogen) atoms. The Morgan fingerprint density at radius 3 is 2.00 bits per heavy atom. The monoisotopic (exact) mass is 613 g/mol. The number of hydrogen-bond acceptors (Lipinski definition) is 4. The van der Waals surface area contributed by atoms with Gasteiger partial charge in [-0.3, -0.25) is 4.79 Å². The second kappa shape index (κ2) is 17.3. The van der Waals surface area contributed by atoms with Crippen LogP contribution in [0.3, 0.4) is 0 Å². The third kappa shape index (κ3) is 10.0. The van der Waals surface area contributed by atoms with Crippen LogP contribution in [0.15, 0.2) is 60.7 Å². The number of alkyl halides is 3. The Hall–Kier alpha value is -4.01. The van der Waals surface area contributed by atoms with Gasteiger partial charge in [-0.15, -0.1) is 0 Å². The van der Waals surface area contributed by atoms with Crippen LogP contribution in [0.5, 0.6) is 11.5 Å². The Balaban J connectivity index is 1.93. The van der Waals surface area contributed by atoms with Crippen molar-refractivity contribution in [3.8, 4) is 33.8 Å². The van der Waals surface area contributed by atoms with E-state index in [0.29, 0.717) is 12.1 Å². The number of hydrogen-bond donors (Lipinski definition) is 2. The topological polar surface area (TPSA) is 84.9 Å². The molecule has 0 saturated heterocycles. The molecular formula is C35H42F3NO5. The number of methoxy groups -OCH3 is 1. The summed E-state index contributed by atoms with van der Waals surface area (Å²) < 4.78 is 52.4. The van der Waals surface area contributed by atoms with Gasteiger partial charge in [0.15, 0.2) is 6.61 Å². The van der Waals surface area contributed by atoms with Gasteiger partial charge in [0.25, 0.3) is 5.91 Å². The van der Waals surface area contributed by atoms with Gasteiger partial charge in [-0.2, -0.15) is 13.2 Å². The molecule has 238 valence electrons. The number of carbonyl (C=O) groups is 2. The third-order valence-electron chi connectivity index (χ3n) is 7.40. The highest BCUT2D eigenvalue weighted by molar-refractivity contribution is 6.03. The van der Waals surface area contributed by atoms with Crippen LogP contribution in [0.1, 0.15) is 87.1 Å². The first-order chi connectivity index (χ1) is 21.2. The Bertz CT molecular complexity index is 1360. The van der Waals surface area contributed by atoms with Crippen LogP contribution in [0.2, 0.25) is 0 Å². The van der Waals surface area contributed by atoms with Crippen LogP contribution in [0, 0.1) is 0 Å². The normalized spacial score (nSPS) is 11.3. The molecule has 0 aliphatic heterocycles. The van der Waals surface area contributed by atoms with E-state index in [9.17, 15) is 27.9 Å². The van der Waals surface area contributed by atoms with Gasteiger partial charge in [-0.05, 0) is 35.7 Å². The number of benzene rings is 3. The fourth-order valence-corrected chi connectivity index (χ4v) is 5.17. The molecule has 0 aliphatic rings. The number of aliphatic carboxylic acids is 1. The molecule has 1 amide bonds. The van der Waals surface area contributed by atoms with E-state index in [4.69, 9.17) is 9.47 Å². The summed E-state index contributed by atoms with van der Waals surface area (Å²) in [5.74, 6) is -1.59. The third-order valence-corrected chi connectivity index (χ3v) is 7.40. The number of amides is 1. The molecule has 0 aromatic heterocycles. The number of nitrogens with one attached hydrogen (secondary N) is 1. The second-order valence-corrected chi connectivity index (χ2v) is 10.8. The van der Waals surface area contributed by atoms with Gasteiger partial charge in [0, 0.05) is 12.1 Å². The summed E-state index contributed by atoms with van der Waals surface area (Å²) in [6.07, 6.45) is 6.95. The summed E-state index contributed by atoms with van der Waals surface area (Å²) in [7, 11) is 1.38. The van der Waals surface area contributed by atoms with Crippen LogP contribution >= 0.6 is 0 Å². The van der Waals surface area contributed by atoms with Crippen LogP contribution in [0.4, 0.5) is 13.2 Å². The van der Waals surface area contributed by atoms with Crippen molar-refractivity contribution in [2.24, 2.45) is 0 Å². The van der Waals surface area contributed by atoms with Crippen molar-refractivity contribution < 1.29 is 37.3 Å². The average Bonchev–Trinajstić information content (AvgIpc) is 3.01. The summed E-state index contributed by atoms with van der Waals surface area (Å²) in [4.78, 5) is 25.0. The lowest BCUT2D eigenvalue weighted by atomic mass is 9.92. The fraction of sp³-hybridized carbons (Fsp3) is 0.429. The number of rotatable bonds is 18. The van der Waals surface area contributed by atoms with Gasteiger partial charge < -0.3 is 19.9 Å². The number of carboxylic acid groups (broad SMARTS) is 1. The summed E-state index contributed by atoms with van der Waals surface area (Å²) in [6.45, 7) is 1.88. The SMILES string of the molecule is CCCCCCCCCCCCNC(=O)c1cc(-c2cccc(C(F)(F)F)c2)c(OCC(=O)O)c(-c2ccccc2)c1OC. The summed E-state index contributed by atoms with van der Waals surface area (Å²) in [5.41, 5.74) is 0.289. The molecule has 0 atom stereocenters. The maximum absolute atomic E-state index is 13.6. The standard InChI is InChI=1S/C35H42F3NO5/c1-3-4-5-6-7-8-9-10-11-15-21-39-34(42)29-23-28(26-19-16-20-27(22-26)35(36,37)38)33(44-24-30(40)41)31(32(29)43-2)25-17-13-12-14-18-25/h12-14,16-20,22-23H,3-11,15,21,24H2,1-2H3,(H,39,42)(H,40,41). The van der Waals surface area contributed by atoms with Crippen LogP contribution < -0.4 is 14.8 Å². The number of carboxylic acids is 1. The van der Waals surface area contributed by atoms with E-state index < -0.39 is 30.2 Å². The molecule has 3 aromatic carbocycles. The minimum absolute atomic E-state index is 0.000943. The minimum Gasteiger partial charge on any atom is -0.495 e. The highest BCUT2D eigenvalue weighted by Gasteiger charge is 2.32. The van der Waals surface area contributed by atoms with E-state index in [0.717, 1.165) is 37.8 Å². The van der Waals surface area contributed by atoms with Crippen molar-refractivity contribution >= 4 is 11.9 Å². The van der Waals surface area contributed by atoms with E-state index >= 15 is 0 Å². The van der Waals surface area contributed by atoms with E-state index in [1.165, 1.54) is 63.8 Å². The molecule has 0 radical (unpaired) electrons. The highest BCUT2D eigenvalue weighted by Crippen LogP contribution is 2.48. The number of unbranched alkanes of at least 4 members (excludes halogenated alkanes) is 9. The molecule has 9 heteroatoms. The Morgan fingerprint density at radius 1 is 0.795 bits per heavy atom. The molecule has 0 unspecified atom stereocenters. The largest absolute Gasteiger partial charge is 0.495 e. The first-order valence-corrected chi connectivity index (χ1v) is 15.3. The van der Waals surface area contributed by atoms with E-state index in [2.05, 4.69) is 12.2 Å². The van der Waals surface area contributed by atoms with Gasteiger partial charge in [-0.25, -0.2) is 4.79 Å². The molecule has 0 aliphatic carbocycles. The smallest absolute Gasteiger partial charge is 0.416 e. The predicted molar refractivity (Wildman–Crippen MR) is 166 cm³/mol. The summed E-state index contributed by atoms with van der Waals surface area (Å²) in [6, 6.07) is 14.8. The van der Waals surface area contributed by atoms with Crippen molar-refractivity contribution in [2.75, 3.05) is 20.3 Å². The van der Waals surface area contributed by atoms with Gasteiger partial charge >= 0.3 is 12.1 Å². The Kier molecular flexibility index (Phi) is 13.6. The molecule has 3 aromatic rings. The van der Waals surface area contributed by atoms with Gasteiger partial charge in [0.05, 0.1) is 23.8 Å². The Morgan fingerprint density at radius 2 is 1.41 bits per heavy atom. The van der Waals surface area contributed by atoms with Crippen molar-refractivity contribution in [2.45, 2.75) is 77.3 Å². The Labute approximate surface area is 257 Å². The minimum atomic E-state index is -4.61. The number of halogens is 3. The van der Waals surface area contributed by atoms with Crippen LogP contribution in [-0.4, -0.2) is 37.2 Å². The first kappa shape index (κ1) is 34.5. The second-order valence-electron chi connectivity index (χ2n) is 10.8. The van der Waals surface area contributed by atoms with Gasteiger partial charge in [0.2, 0.25) is 0 Å². The van der Waals surface area contributed by atoms with Crippen molar-refractivity contribution in [1.29, 1.82) is 0 Å². The molecule has 0 spiro atoms. The van der Waals surface area contributed by atoms with Crippen molar-refractivity contribution in [3.05, 3.63) is 71.8 Å². The van der Waals surface area contributed by atoms with Crippen LogP contribution in [-0.2, 0) is 11.0 Å². The maximum Gasteiger partial charge on any atom is 0.416 e. The van der Waals surface area contributed by atoms with Gasteiger partial charge in [0.1, 0.15) is 11.5 Å². The number of carbonyl (C=O) groups excluding carboxylic acids is 1. The molecular weight excluding hydrogens is 571 g/mol. The zero-order valence-corrected chi connectivity index (χ0v) is 25.5. The predicted octanol–water partition coefficient (Wildman–Crippen LogP) is 9.16. The lowest BCUT2D eigenvalue weighted by molar-refractivity contribution is -0.139. The summed E-state index contributed by atoms with van der Waals surface area (Å²) in [5, 5.41) is 12.3. The van der Waals surface area contributed by atoms with Gasteiger partial charge in [-0.1, -0.05) is 107 Å². The van der Waals surface area contributed by atoms with E-state index in [1.54, 1.807) is 30.3 Å². The molecule has 0 fully saturated rings.